The van der Waals surface area contributed by atoms with Crippen molar-refractivity contribution >= 4 is 33.6 Å². The zero-order valence-electron chi connectivity index (χ0n) is 13.1. The van der Waals surface area contributed by atoms with Gasteiger partial charge in [-0.3, -0.25) is 4.79 Å². The van der Waals surface area contributed by atoms with Crippen molar-refractivity contribution in [1.29, 1.82) is 0 Å². The van der Waals surface area contributed by atoms with Crippen LogP contribution in [0.25, 0.3) is 5.69 Å². The minimum atomic E-state index is -0.297. The first-order valence-electron chi connectivity index (χ1n) is 7.58. The van der Waals surface area contributed by atoms with E-state index in [0.29, 0.717) is 18.5 Å². The van der Waals surface area contributed by atoms with Gasteiger partial charge in [0.25, 0.3) is 0 Å². The molecule has 0 atom stereocenters. The molecule has 3 amide bonds. The number of urea groups is 1. The van der Waals surface area contributed by atoms with Crippen LogP contribution in [0.15, 0.2) is 41.1 Å². The van der Waals surface area contributed by atoms with Crippen molar-refractivity contribution < 1.29 is 9.59 Å². The molecule has 0 saturated heterocycles. The Kier molecular flexibility index (Phi) is 4.57. The number of hydrogen-bond acceptors (Lipinski definition) is 3. The van der Waals surface area contributed by atoms with E-state index in [0.717, 1.165) is 10.2 Å². The highest BCUT2D eigenvalue weighted by molar-refractivity contribution is 9.10. The fourth-order valence-electron chi connectivity index (χ4n) is 2.67. The fraction of sp³-hybridized carbons (Fsp3) is 0.312. The highest BCUT2D eigenvalue weighted by Gasteiger charge is 2.37. The summed E-state index contributed by atoms with van der Waals surface area (Å²) in [6, 6.07) is 7.50. The average Bonchev–Trinajstić information content (AvgIpc) is 2.93. The lowest BCUT2D eigenvalue weighted by molar-refractivity contribution is -0.125. The summed E-state index contributed by atoms with van der Waals surface area (Å²) in [4.78, 5) is 25.0. The first-order chi connectivity index (χ1) is 11.5. The van der Waals surface area contributed by atoms with Gasteiger partial charge in [-0.25, -0.2) is 9.48 Å². The molecule has 1 fully saturated rings. The number of hydrogen-bond donors (Lipinski definition) is 2. The van der Waals surface area contributed by atoms with Crippen LogP contribution < -0.4 is 11.1 Å². The molecule has 0 spiro atoms. The molecule has 1 aromatic carbocycles. The third-order valence-electron chi connectivity index (χ3n) is 4.32. The van der Waals surface area contributed by atoms with Gasteiger partial charge in [-0.2, -0.15) is 5.10 Å². The van der Waals surface area contributed by atoms with E-state index in [4.69, 9.17) is 5.73 Å². The summed E-state index contributed by atoms with van der Waals surface area (Å²) in [7, 11) is 1.72. The first-order valence-corrected chi connectivity index (χ1v) is 8.37. The molecule has 24 heavy (non-hydrogen) atoms. The molecule has 126 valence electrons. The molecule has 3 rings (SSSR count). The van der Waals surface area contributed by atoms with E-state index in [1.54, 1.807) is 29.0 Å². The maximum atomic E-state index is 12.3. The van der Waals surface area contributed by atoms with E-state index in [2.05, 4.69) is 26.3 Å². The van der Waals surface area contributed by atoms with Crippen molar-refractivity contribution in [2.45, 2.75) is 18.9 Å². The lowest BCUT2D eigenvalue weighted by Crippen LogP contribution is -2.50. The van der Waals surface area contributed by atoms with Crippen LogP contribution in [0, 0.1) is 5.92 Å². The Balaban J connectivity index is 1.62. The SMILES string of the molecule is CN(C(=O)Nc1cnn(-c2ccccc2Br)c1)C1CC(C(N)=O)C1. The van der Waals surface area contributed by atoms with E-state index in [1.807, 2.05) is 24.3 Å². The summed E-state index contributed by atoms with van der Waals surface area (Å²) in [5.41, 5.74) is 6.75. The normalized spacial score (nSPS) is 19.4. The number of carbonyl (C=O) groups excluding carboxylic acids is 2. The molecule has 1 heterocycles. The Bertz CT molecular complexity index is 769. The third-order valence-corrected chi connectivity index (χ3v) is 4.99. The number of rotatable bonds is 4. The van der Waals surface area contributed by atoms with Gasteiger partial charge in [0.05, 0.1) is 23.8 Å². The first kappa shape index (κ1) is 16.5. The van der Waals surface area contributed by atoms with Gasteiger partial charge in [-0.15, -0.1) is 0 Å². The summed E-state index contributed by atoms with van der Waals surface area (Å²) < 4.78 is 2.60. The molecule has 3 N–H and O–H groups in total. The zero-order valence-corrected chi connectivity index (χ0v) is 14.7. The van der Waals surface area contributed by atoms with Crippen LogP contribution in [0.3, 0.4) is 0 Å². The molecular weight excluding hydrogens is 374 g/mol. The van der Waals surface area contributed by atoms with Crippen molar-refractivity contribution in [3.8, 4) is 5.69 Å². The highest BCUT2D eigenvalue weighted by atomic mass is 79.9. The largest absolute Gasteiger partial charge is 0.369 e. The molecule has 0 unspecified atom stereocenters. The number of anilines is 1. The molecule has 1 aliphatic rings. The van der Waals surface area contributed by atoms with Gasteiger partial charge in [0.2, 0.25) is 5.91 Å². The van der Waals surface area contributed by atoms with E-state index in [1.165, 1.54) is 0 Å². The zero-order chi connectivity index (χ0) is 17.3. The smallest absolute Gasteiger partial charge is 0.321 e. The Morgan fingerprint density at radius 1 is 1.38 bits per heavy atom. The van der Waals surface area contributed by atoms with Gasteiger partial charge < -0.3 is 16.0 Å². The molecular formula is C16H18BrN5O2. The van der Waals surface area contributed by atoms with Crippen LogP contribution >= 0.6 is 15.9 Å². The third kappa shape index (κ3) is 3.28. The summed E-state index contributed by atoms with van der Waals surface area (Å²) in [5.74, 6) is -0.418. The van der Waals surface area contributed by atoms with Crippen LogP contribution in [0.5, 0.6) is 0 Å². The Labute approximate surface area is 147 Å². The standard InChI is InChI=1S/C16H18BrN5O2/c1-21(12-6-10(7-12)15(18)23)16(24)20-11-8-19-22(9-11)14-5-3-2-4-13(14)17/h2-5,8-10,12H,6-7H2,1H3,(H2,18,23)(H,20,24). The molecule has 0 bridgehead atoms. The van der Waals surface area contributed by atoms with E-state index in [9.17, 15) is 9.59 Å². The van der Waals surface area contributed by atoms with Crippen molar-refractivity contribution in [2.24, 2.45) is 11.7 Å². The van der Waals surface area contributed by atoms with Crippen molar-refractivity contribution in [3.63, 3.8) is 0 Å². The van der Waals surface area contributed by atoms with Crippen LogP contribution in [0.2, 0.25) is 0 Å². The average molecular weight is 392 g/mol. The Hall–Kier alpha value is -2.35. The quantitative estimate of drug-likeness (QED) is 0.837. The topological polar surface area (TPSA) is 93.2 Å². The predicted molar refractivity (Wildman–Crippen MR) is 93.8 cm³/mol. The maximum Gasteiger partial charge on any atom is 0.321 e. The monoisotopic (exact) mass is 391 g/mol. The number of amides is 3. The van der Waals surface area contributed by atoms with E-state index < -0.39 is 0 Å². The summed E-state index contributed by atoms with van der Waals surface area (Å²) in [5, 5.41) is 7.08. The van der Waals surface area contributed by atoms with Gasteiger partial charge in [0.15, 0.2) is 0 Å². The second kappa shape index (κ2) is 6.64. The summed E-state index contributed by atoms with van der Waals surface area (Å²) in [6.07, 6.45) is 4.59. The van der Waals surface area contributed by atoms with Gasteiger partial charge in [0.1, 0.15) is 0 Å². The molecule has 0 aliphatic heterocycles. The van der Waals surface area contributed by atoms with E-state index >= 15 is 0 Å². The molecule has 1 aliphatic carbocycles. The minimum absolute atomic E-state index is 0.0424. The van der Waals surface area contributed by atoms with Crippen LogP contribution in [-0.2, 0) is 4.79 Å². The number of halogens is 1. The van der Waals surface area contributed by atoms with Gasteiger partial charge >= 0.3 is 6.03 Å². The Morgan fingerprint density at radius 2 is 2.08 bits per heavy atom. The fourth-order valence-corrected chi connectivity index (χ4v) is 3.14. The summed E-state index contributed by atoms with van der Waals surface area (Å²) >= 11 is 3.48. The molecule has 7 nitrogen and oxygen atoms in total. The van der Waals surface area contributed by atoms with Crippen LogP contribution in [0.4, 0.5) is 10.5 Å². The maximum absolute atomic E-state index is 12.3. The van der Waals surface area contributed by atoms with Crippen molar-refractivity contribution in [1.82, 2.24) is 14.7 Å². The van der Waals surface area contributed by atoms with Crippen molar-refractivity contribution in [3.05, 3.63) is 41.1 Å². The van der Waals surface area contributed by atoms with Crippen LogP contribution in [-0.4, -0.2) is 39.7 Å². The molecule has 8 heteroatoms. The lowest BCUT2D eigenvalue weighted by Gasteiger charge is -2.39. The second-order valence-electron chi connectivity index (χ2n) is 5.89. The number of nitrogens with zero attached hydrogens (tertiary/aromatic N) is 3. The Morgan fingerprint density at radius 3 is 2.75 bits per heavy atom. The van der Waals surface area contributed by atoms with Gasteiger partial charge in [0, 0.05) is 23.5 Å². The predicted octanol–water partition coefficient (Wildman–Crippen LogP) is 2.36. The minimum Gasteiger partial charge on any atom is -0.369 e. The van der Waals surface area contributed by atoms with Crippen LogP contribution in [0.1, 0.15) is 12.8 Å². The highest BCUT2D eigenvalue weighted by Crippen LogP contribution is 2.31. The van der Waals surface area contributed by atoms with Crippen molar-refractivity contribution in [2.75, 3.05) is 12.4 Å². The number of primary amides is 1. The van der Waals surface area contributed by atoms with E-state index in [-0.39, 0.29) is 23.9 Å². The van der Waals surface area contributed by atoms with Gasteiger partial charge in [-0.1, -0.05) is 12.1 Å². The number of para-hydroxylation sites is 1. The molecule has 0 radical (unpaired) electrons. The number of nitrogens with one attached hydrogen (secondary N) is 1. The molecule has 1 saturated carbocycles. The summed E-state index contributed by atoms with van der Waals surface area (Å²) in [6.45, 7) is 0. The second-order valence-corrected chi connectivity index (χ2v) is 6.74. The number of benzene rings is 1. The number of nitrogens with two attached hydrogens (primary N) is 1. The molecule has 1 aromatic heterocycles. The lowest BCUT2D eigenvalue weighted by atomic mass is 9.79. The molecule has 2 aromatic rings. The van der Waals surface area contributed by atoms with Gasteiger partial charge in [-0.05, 0) is 40.9 Å². The number of carbonyl (C=O) groups is 2. The number of aromatic nitrogens is 2.